The van der Waals surface area contributed by atoms with Gasteiger partial charge in [-0.15, -0.1) is 11.3 Å². The van der Waals surface area contributed by atoms with Gasteiger partial charge < -0.3 is 9.64 Å². The lowest BCUT2D eigenvalue weighted by Gasteiger charge is -2.20. The molecule has 0 N–H and O–H groups in total. The highest BCUT2D eigenvalue weighted by atomic mass is 32.1. The second-order valence-corrected chi connectivity index (χ2v) is 7.60. The van der Waals surface area contributed by atoms with E-state index < -0.39 is 0 Å². The Morgan fingerprint density at radius 2 is 1.92 bits per heavy atom. The molecule has 0 aliphatic rings. The third-order valence-electron chi connectivity index (χ3n) is 4.45. The van der Waals surface area contributed by atoms with E-state index in [2.05, 4.69) is 68.1 Å². The SMILES string of the molecule is CCN(C)C=Nc1cc(C)c(-c2csc(C(C)(C)OC)c2)cc1C. The maximum absolute atomic E-state index is 5.60. The molecule has 2 aromatic rings. The minimum atomic E-state index is -0.249. The topological polar surface area (TPSA) is 24.8 Å². The first-order valence-electron chi connectivity index (χ1n) is 8.28. The Hall–Kier alpha value is -1.65. The molecule has 0 bridgehead atoms. The van der Waals surface area contributed by atoms with Crippen LogP contribution in [0.15, 0.2) is 28.6 Å². The molecular weight excluding hydrogens is 316 g/mol. The number of rotatable bonds is 6. The first-order valence-corrected chi connectivity index (χ1v) is 9.16. The summed E-state index contributed by atoms with van der Waals surface area (Å²) in [5.74, 6) is 0. The Bertz CT molecular complexity index is 731. The Kier molecular flexibility index (Phi) is 5.83. The van der Waals surface area contributed by atoms with Crippen molar-refractivity contribution in [1.82, 2.24) is 4.90 Å². The number of hydrogen-bond donors (Lipinski definition) is 0. The predicted molar refractivity (Wildman–Crippen MR) is 106 cm³/mol. The van der Waals surface area contributed by atoms with E-state index in [4.69, 9.17) is 4.74 Å². The van der Waals surface area contributed by atoms with Gasteiger partial charge in [0.05, 0.1) is 17.6 Å². The van der Waals surface area contributed by atoms with Gasteiger partial charge >= 0.3 is 0 Å². The van der Waals surface area contributed by atoms with E-state index in [1.165, 1.54) is 27.1 Å². The lowest BCUT2D eigenvalue weighted by molar-refractivity contribution is 0.0224. The van der Waals surface area contributed by atoms with E-state index in [0.29, 0.717) is 0 Å². The summed E-state index contributed by atoms with van der Waals surface area (Å²) in [6.45, 7) is 11.5. The highest BCUT2D eigenvalue weighted by Gasteiger charge is 2.22. The molecule has 0 saturated carbocycles. The molecule has 1 aromatic carbocycles. The maximum atomic E-state index is 5.60. The fourth-order valence-corrected chi connectivity index (χ4v) is 3.40. The highest BCUT2D eigenvalue weighted by Crippen LogP contribution is 2.37. The molecule has 3 nitrogen and oxygen atoms in total. The normalized spacial score (nSPS) is 12.1. The molecule has 0 amide bonds. The zero-order valence-electron chi connectivity index (χ0n) is 15.8. The molecule has 4 heteroatoms. The van der Waals surface area contributed by atoms with E-state index in [9.17, 15) is 0 Å². The molecule has 0 aliphatic carbocycles. The lowest BCUT2D eigenvalue weighted by atomic mass is 9.97. The molecule has 0 spiro atoms. The van der Waals surface area contributed by atoms with Crippen LogP contribution in [0.4, 0.5) is 5.69 Å². The van der Waals surface area contributed by atoms with Crippen LogP contribution in [0.2, 0.25) is 0 Å². The number of thiophene rings is 1. The third-order valence-corrected chi connectivity index (χ3v) is 5.68. The molecular formula is C20H28N2OS. The van der Waals surface area contributed by atoms with E-state index in [0.717, 1.165) is 12.2 Å². The van der Waals surface area contributed by atoms with Crippen molar-refractivity contribution in [3.8, 4) is 11.1 Å². The van der Waals surface area contributed by atoms with Crippen LogP contribution in [0.1, 0.15) is 36.8 Å². The van der Waals surface area contributed by atoms with Crippen molar-refractivity contribution in [3.63, 3.8) is 0 Å². The van der Waals surface area contributed by atoms with Gasteiger partial charge in [-0.3, -0.25) is 0 Å². The van der Waals surface area contributed by atoms with Crippen molar-refractivity contribution in [2.45, 2.75) is 40.2 Å². The molecule has 0 radical (unpaired) electrons. The van der Waals surface area contributed by atoms with Crippen LogP contribution in [-0.4, -0.2) is 31.9 Å². The average molecular weight is 345 g/mol. The first kappa shape index (κ1) is 18.7. The second kappa shape index (κ2) is 7.49. The van der Waals surface area contributed by atoms with Crippen molar-refractivity contribution < 1.29 is 4.74 Å². The van der Waals surface area contributed by atoms with E-state index in [-0.39, 0.29) is 5.60 Å². The molecule has 0 saturated heterocycles. The highest BCUT2D eigenvalue weighted by molar-refractivity contribution is 7.10. The van der Waals surface area contributed by atoms with E-state index in [1.54, 1.807) is 18.4 Å². The summed E-state index contributed by atoms with van der Waals surface area (Å²) >= 11 is 1.75. The number of hydrogen-bond acceptors (Lipinski definition) is 3. The van der Waals surface area contributed by atoms with E-state index >= 15 is 0 Å². The van der Waals surface area contributed by atoms with Crippen LogP contribution < -0.4 is 0 Å². The molecule has 1 aromatic heterocycles. The first-order chi connectivity index (χ1) is 11.3. The van der Waals surface area contributed by atoms with Gasteiger partial charge in [0, 0.05) is 25.6 Å². The quantitative estimate of drug-likeness (QED) is 0.509. The van der Waals surface area contributed by atoms with Gasteiger partial charge in [-0.2, -0.15) is 0 Å². The van der Waals surface area contributed by atoms with Crippen LogP contribution in [0.5, 0.6) is 0 Å². The fraction of sp³-hybridized carbons (Fsp3) is 0.450. The van der Waals surface area contributed by atoms with Gasteiger partial charge in [0.1, 0.15) is 0 Å². The average Bonchev–Trinajstić information content (AvgIpc) is 3.05. The van der Waals surface area contributed by atoms with Gasteiger partial charge in [0.2, 0.25) is 0 Å². The number of aryl methyl sites for hydroxylation is 2. The Morgan fingerprint density at radius 3 is 2.54 bits per heavy atom. The standard InChI is InChI=1S/C20H28N2OS/c1-8-22(6)13-21-18-10-14(2)17(9-15(18)3)16-11-19(24-12-16)20(4,5)23-7/h9-13H,8H2,1-7H3. The smallest absolute Gasteiger partial charge is 0.0963 e. The second-order valence-electron chi connectivity index (χ2n) is 6.69. The number of benzene rings is 1. The number of aliphatic imine (C=N–C) groups is 1. The van der Waals surface area contributed by atoms with Crippen LogP contribution >= 0.6 is 11.3 Å². The number of ether oxygens (including phenoxy) is 1. The molecule has 2 rings (SSSR count). The summed E-state index contributed by atoms with van der Waals surface area (Å²) in [6, 6.07) is 6.65. The number of methoxy groups -OCH3 is 1. The molecule has 0 unspecified atom stereocenters. The molecule has 0 fully saturated rings. The van der Waals surface area contributed by atoms with Gasteiger partial charge in [-0.25, -0.2) is 4.99 Å². The number of nitrogens with zero attached hydrogens (tertiary/aromatic N) is 2. The van der Waals surface area contributed by atoms with Crippen molar-refractivity contribution in [1.29, 1.82) is 0 Å². The van der Waals surface area contributed by atoms with Gasteiger partial charge in [0.25, 0.3) is 0 Å². The summed E-state index contributed by atoms with van der Waals surface area (Å²) in [4.78, 5) is 7.92. The van der Waals surface area contributed by atoms with Crippen molar-refractivity contribution in [2.24, 2.45) is 4.99 Å². The zero-order valence-corrected chi connectivity index (χ0v) is 16.6. The van der Waals surface area contributed by atoms with Crippen LogP contribution in [-0.2, 0) is 10.3 Å². The Balaban J connectivity index is 2.36. The predicted octanol–water partition coefficient (Wildman–Crippen LogP) is 5.52. The van der Waals surface area contributed by atoms with Gasteiger partial charge in [0.15, 0.2) is 0 Å². The van der Waals surface area contributed by atoms with Crippen molar-refractivity contribution in [2.75, 3.05) is 20.7 Å². The summed E-state index contributed by atoms with van der Waals surface area (Å²) in [7, 11) is 3.79. The third kappa shape index (κ3) is 4.05. The Labute approximate surface area is 150 Å². The summed E-state index contributed by atoms with van der Waals surface area (Å²) in [6.07, 6.45) is 1.89. The van der Waals surface area contributed by atoms with Gasteiger partial charge in [-0.05, 0) is 80.5 Å². The van der Waals surface area contributed by atoms with Crippen LogP contribution in [0.25, 0.3) is 11.1 Å². The molecule has 24 heavy (non-hydrogen) atoms. The molecule has 0 aliphatic heterocycles. The van der Waals surface area contributed by atoms with Crippen molar-refractivity contribution in [3.05, 3.63) is 39.6 Å². The minimum absolute atomic E-state index is 0.249. The summed E-state index contributed by atoms with van der Waals surface area (Å²) in [5.41, 5.74) is 5.73. The van der Waals surface area contributed by atoms with Gasteiger partial charge in [-0.1, -0.05) is 0 Å². The maximum Gasteiger partial charge on any atom is 0.0963 e. The fourth-order valence-electron chi connectivity index (χ4n) is 2.39. The van der Waals surface area contributed by atoms with E-state index in [1.807, 2.05) is 13.4 Å². The largest absolute Gasteiger partial charge is 0.373 e. The zero-order chi connectivity index (χ0) is 17.9. The minimum Gasteiger partial charge on any atom is -0.373 e. The molecule has 0 atom stereocenters. The summed E-state index contributed by atoms with van der Waals surface area (Å²) < 4.78 is 5.60. The molecule has 1 heterocycles. The summed E-state index contributed by atoms with van der Waals surface area (Å²) in [5, 5.41) is 2.21. The van der Waals surface area contributed by atoms with Crippen LogP contribution in [0.3, 0.4) is 0 Å². The lowest BCUT2D eigenvalue weighted by Crippen LogP contribution is -2.17. The monoisotopic (exact) mass is 344 g/mol. The van der Waals surface area contributed by atoms with Crippen LogP contribution in [0, 0.1) is 13.8 Å². The van der Waals surface area contributed by atoms with Crippen molar-refractivity contribution >= 4 is 23.4 Å². The molecule has 130 valence electrons. The Morgan fingerprint density at radius 1 is 1.21 bits per heavy atom.